The number of carbonyl (C=O) groups is 2. The summed E-state index contributed by atoms with van der Waals surface area (Å²) in [7, 11) is 0. The molecule has 0 aromatic heterocycles. The smallest absolute Gasteiger partial charge is 0.250 e. The van der Waals surface area contributed by atoms with Crippen LogP contribution >= 0.6 is 11.6 Å². The third-order valence-corrected chi connectivity index (χ3v) is 4.00. The molecule has 2 amide bonds. The number of anilines is 1. The lowest BCUT2D eigenvalue weighted by molar-refractivity contribution is -0.130. The van der Waals surface area contributed by atoms with E-state index in [1.54, 1.807) is 18.2 Å². The summed E-state index contributed by atoms with van der Waals surface area (Å²) in [5.41, 5.74) is 6.17. The summed E-state index contributed by atoms with van der Waals surface area (Å²) >= 11 is 5.97. The van der Waals surface area contributed by atoms with Crippen molar-refractivity contribution in [2.24, 2.45) is 11.7 Å². The Morgan fingerprint density at radius 1 is 1.48 bits per heavy atom. The number of halogens is 1. The zero-order valence-corrected chi connectivity index (χ0v) is 12.8. The van der Waals surface area contributed by atoms with Crippen LogP contribution in [-0.4, -0.2) is 36.3 Å². The molecule has 2 rings (SSSR count). The first kappa shape index (κ1) is 15.6. The summed E-state index contributed by atoms with van der Waals surface area (Å²) in [6.45, 7) is 4.03. The normalized spacial score (nSPS) is 18.4. The van der Waals surface area contributed by atoms with Gasteiger partial charge < -0.3 is 16.0 Å². The number of benzene rings is 1. The zero-order valence-electron chi connectivity index (χ0n) is 12.1. The molecule has 0 radical (unpaired) electrons. The summed E-state index contributed by atoms with van der Waals surface area (Å²) in [5, 5.41) is 3.32. The van der Waals surface area contributed by atoms with E-state index in [0.29, 0.717) is 11.6 Å². The molecule has 0 saturated carbocycles. The first-order valence-corrected chi connectivity index (χ1v) is 7.46. The first-order chi connectivity index (χ1) is 9.97. The monoisotopic (exact) mass is 309 g/mol. The summed E-state index contributed by atoms with van der Waals surface area (Å²) in [5.74, 6) is 0.0774. The lowest BCUT2D eigenvalue weighted by atomic mass is 10.0. The summed E-state index contributed by atoms with van der Waals surface area (Å²) in [6, 6.07) is 4.85. The lowest BCUT2D eigenvalue weighted by Gasteiger charge is -2.31. The Hall–Kier alpha value is -1.75. The highest BCUT2D eigenvalue weighted by molar-refractivity contribution is 6.34. The van der Waals surface area contributed by atoms with Crippen molar-refractivity contribution in [1.29, 1.82) is 0 Å². The van der Waals surface area contributed by atoms with E-state index >= 15 is 0 Å². The molecule has 6 heteroatoms. The quantitative estimate of drug-likeness (QED) is 0.894. The van der Waals surface area contributed by atoms with Crippen LogP contribution in [0.2, 0.25) is 5.02 Å². The number of rotatable bonds is 4. The van der Waals surface area contributed by atoms with E-state index in [4.69, 9.17) is 17.3 Å². The van der Waals surface area contributed by atoms with Gasteiger partial charge in [-0.15, -0.1) is 0 Å². The average molecular weight is 310 g/mol. The molecule has 1 aliphatic heterocycles. The predicted octanol–water partition coefficient (Wildman–Crippen LogP) is 2.11. The SMILES string of the molecule is CC1CCCN(C(=O)CNc2ccc(C(N)=O)c(Cl)c2)C1. The van der Waals surface area contributed by atoms with E-state index in [-0.39, 0.29) is 23.0 Å². The third-order valence-electron chi connectivity index (χ3n) is 3.69. The fourth-order valence-corrected chi connectivity index (χ4v) is 2.80. The minimum Gasteiger partial charge on any atom is -0.376 e. The van der Waals surface area contributed by atoms with Gasteiger partial charge in [0.05, 0.1) is 17.1 Å². The van der Waals surface area contributed by atoms with Crippen molar-refractivity contribution in [2.45, 2.75) is 19.8 Å². The molecule has 1 heterocycles. The van der Waals surface area contributed by atoms with E-state index in [0.717, 1.165) is 19.5 Å². The maximum atomic E-state index is 12.1. The molecule has 1 fully saturated rings. The molecule has 114 valence electrons. The van der Waals surface area contributed by atoms with E-state index in [9.17, 15) is 9.59 Å². The second kappa shape index (κ2) is 6.80. The maximum absolute atomic E-state index is 12.1. The largest absolute Gasteiger partial charge is 0.376 e. The van der Waals surface area contributed by atoms with Gasteiger partial charge in [0.2, 0.25) is 11.8 Å². The molecular formula is C15H20ClN3O2. The van der Waals surface area contributed by atoms with Crippen LogP contribution in [0.3, 0.4) is 0 Å². The Labute approximate surface area is 129 Å². The van der Waals surface area contributed by atoms with Gasteiger partial charge >= 0.3 is 0 Å². The van der Waals surface area contributed by atoms with E-state index < -0.39 is 5.91 Å². The van der Waals surface area contributed by atoms with Gasteiger partial charge in [-0.25, -0.2) is 0 Å². The number of hydrogen-bond donors (Lipinski definition) is 2. The minimum atomic E-state index is -0.565. The molecule has 1 atom stereocenters. The van der Waals surface area contributed by atoms with Gasteiger partial charge in [-0.05, 0) is 37.0 Å². The van der Waals surface area contributed by atoms with Crippen molar-refractivity contribution in [3.05, 3.63) is 28.8 Å². The van der Waals surface area contributed by atoms with Crippen LogP contribution in [0, 0.1) is 5.92 Å². The average Bonchev–Trinajstić information content (AvgIpc) is 2.44. The zero-order chi connectivity index (χ0) is 15.4. The third kappa shape index (κ3) is 4.11. The Morgan fingerprint density at radius 3 is 2.86 bits per heavy atom. The molecular weight excluding hydrogens is 290 g/mol. The van der Waals surface area contributed by atoms with Crippen LogP contribution in [0.25, 0.3) is 0 Å². The number of nitrogens with one attached hydrogen (secondary N) is 1. The molecule has 0 spiro atoms. The van der Waals surface area contributed by atoms with Gasteiger partial charge in [-0.1, -0.05) is 18.5 Å². The van der Waals surface area contributed by atoms with Crippen molar-refractivity contribution >= 4 is 29.1 Å². The molecule has 1 aromatic rings. The van der Waals surface area contributed by atoms with Crippen molar-refractivity contribution in [3.8, 4) is 0 Å². The molecule has 0 aliphatic carbocycles. The highest BCUT2D eigenvalue weighted by atomic mass is 35.5. The molecule has 1 saturated heterocycles. The van der Waals surface area contributed by atoms with Crippen molar-refractivity contribution < 1.29 is 9.59 Å². The van der Waals surface area contributed by atoms with Crippen LogP contribution in [-0.2, 0) is 4.79 Å². The Bertz CT molecular complexity index is 548. The Balaban J connectivity index is 1.92. The van der Waals surface area contributed by atoms with Crippen LogP contribution in [0.5, 0.6) is 0 Å². The van der Waals surface area contributed by atoms with Gasteiger partial charge in [0.25, 0.3) is 0 Å². The summed E-state index contributed by atoms with van der Waals surface area (Å²) < 4.78 is 0. The van der Waals surface area contributed by atoms with Gasteiger partial charge in [-0.2, -0.15) is 0 Å². The predicted molar refractivity (Wildman–Crippen MR) is 83.4 cm³/mol. The Kier molecular flexibility index (Phi) is 5.07. The Morgan fingerprint density at radius 2 is 2.24 bits per heavy atom. The minimum absolute atomic E-state index is 0.0802. The number of piperidine rings is 1. The lowest BCUT2D eigenvalue weighted by Crippen LogP contribution is -2.41. The molecule has 5 nitrogen and oxygen atoms in total. The van der Waals surface area contributed by atoms with Crippen LogP contribution in [0.15, 0.2) is 18.2 Å². The number of carbonyl (C=O) groups excluding carboxylic acids is 2. The second-order valence-electron chi connectivity index (χ2n) is 5.50. The highest BCUT2D eigenvalue weighted by Gasteiger charge is 2.20. The molecule has 21 heavy (non-hydrogen) atoms. The standard InChI is InChI=1S/C15H20ClN3O2/c1-10-3-2-6-19(9-10)14(20)8-18-11-4-5-12(15(17)21)13(16)7-11/h4-5,7,10,18H,2-3,6,8-9H2,1H3,(H2,17,21). The molecule has 1 unspecified atom stereocenters. The van der Waals surface area contributed by atoms with Gasteiger partial charge in [0, 0.05) is 18.8 Å². The van der Waals surface area contributed by atoms with Gasteiger partial charge in [0.15, 0.2) is 0 Å². The number of nitrogens with zero attached hydrogens (tertiary/aromatic N) is 1. The second-order valence-corrected chi connectivity index (χ2v) is 5.91. The number of amides is 2. The van der Waals surface area contributed by atoms with Crippen molar-refractivity contribution in [2.75, 3.05) is 25.0 Å². The molecule has 1 aromatic carbocycles. The number of primary amides is 1. The summed E-state index contributed by atoms with van der Waals surface area (Å²) in [6.07, 6.45) is 2.24. The van der Waals surface area contributed by atoms with Gasteiger partial charge in [0.1, 0.15) is 0 Å². The van der Waals surface area contributed by atoms with Gasteiger partial charge in [-0.3, -0.25) is 9.59 Å². The fraction of sp³-hybridized carbons (Fsp3) is 0.467. The molecule has 0 bridgehead atoms. The van der Waals surface area contributed by atoms with Crippen LogP contribution < -0.4 is 11.1 Å². The molecule has 1 aliphatic rings. The van der Waals surface area contributed by atoms with E-state index in [2.05, 4.69) is 12.2 Å². The number of likely N-dealkylation sites (tertiary alicyclic amines) is 1. The summed E-state index contributed by atoms with van der Waals surface area (Å²) in [4.78, 5) is 25.1. The van der Waals surface area contributed by atoms with E-state index in [1.807, 2.05) is 4.90 Å². The maximum Gasteiger partial charge on any atom is 0.250 e. The fourth-order valence-electron chi connectivity index (χ4n) is 2.53. The molecule has 3 N–H and O–H groups in total. The highest BCUT2D eigenvalue weighted by Crippen LogP contribution is 2.21. The van der Waals surface area contributed by atoms with Crippen LogP contribution in [0.4, 0.5) is 5.69 Å². The van der Waals surface area contributed by atoms with Crippen molar-refractivity contribution in [3.63, 3.8) is 0 Å². The number of nitrogens with two attached hydrogens (primary N) is 1. The van der Waals surface area contributed by atoms with Crippen LogP contribution in [0.1, 0.15) is 30.1 Å². The van der Waals surface area contributed by atoms with Crippen molar-refractivity contribution in [1.82, 2.24) is 4.90 Å². The number of hydrogen-bond acceptors (Lipinski definition) is 3. The van der Waals surface area contributed by atoms with E-state index in [1.165, 1.54) is 6.42 Å². The first-order valence-electron chi connectivity index (χ1n) is 7.08. The topological polar surface area (TPSA) is 75.4 Å².